The van der Waals surface area contributed by atoms with Gasteiger partial charge in [-0.2, -0.15) is 0 Å². The Balaban J connectivity index is 1.85. The van der Waals surface area contributed by atoms with E-state index in [0.29, 0.717) is 11.4 Å². The minimum Gasteiger partial charge on any atom is -0.510 e. The predicted octanol–water partition coefficient (Wildman–Crippen LogP) is 4.70. The van der Waals surface area contributed by atoms with Gasteiger partial charge in [-0.1, -0.05) is 36.4 Å². The Morgan fingerprint density at radius 2 is 1.50 bits per heavy atom. The van der Waals surface area contributed by atoms with Crippen molar-refractivity contribution in [3.8, 4) is 5.75 Å². The number of sulfonamides is 1. The van der Waals surface area contributed by atoms with Gasteiger partial charge in [-0.05, 0) is 49.4 Å². The van der Waals surface area contributed by atoms with Crippen molar-refractivity contribution in [2.24, 2.45) is 10.2 Å². The number of amides is 1. The van der Waals surface area contributed by atoms with Gasteiger partial charge in [0.05, 0.1) is 4.90 Å². The van der Waals surface area contributed by atoms with Crippen LogP contribution in [0.15, 0.2) is 105 Å². The number of hydrogen-bond acceptors (Lipinski definition) is 7. The van der Waals surface area contributed by atoms with Gasteiger partial charge in [-0.3, -0.25) is 9.52 Å². The molecule has 3 rings (SSSR count). The van der Waals surface area contributed by atoms with E-state index < -0.39 is 27.4 Å². The topological polar surface area (TPSA) is 140 Å². The second-order valence-electron chi connectivity index (χ2n) is 6.58. The number of aromatic hydroxyl groups is 1. The fourth-order valence-corrected chi connectivity index (χ4v) is 3.65. The molecule has 0 saturated carbocycles. The lowest BCUT2D eigenvalue weighted by atomic mass is 10.3. The van der Waals surface area contributed by atoms with E-state index in [9.17, 15) is 23.4 Å². The Kier molecular flexibility index (Phi) is 6.86. The number of carbonyl (C=O) groups is 1. The third kappa shape index (κ3) is 5.70. The molecule has 0 aromatic heterocycles. The first-order valence-corrected chi connectivity index (χ1v) is 10.8. The first-order valence-electron chi connectivity index (χ1n) is 9.35. The van der Waals surface area contributed by atoms with Gasteiger partial charge < -0.3 is 15.5 Å². The van der Waals surface area contributed by atoms with Gasteiger partial charge >= 0.3 is 0 Å². The number of azo groups is 1. The summed E-state index contributed by atoms with van der Waals surface area (Å²) in [5.74, 6) is -1.49. The van der Waals surface area contributed by atoms with E-state index in [1.807, 2.05) is 0 Å². The minimum absolute atomic E-state index is 0.173. The van der Waals surface area contributed by atoms with Gasteiger partial charge in [0.1, 0.15) is 17.2 Å². The zero-order valence-corrected chi connectivity index (χ0v) is 17.7. The molecule has 0 spiro atoms. The number of benzene rings is 3. The van der Waals surface area contributed by atoms with Crippen molar-refractivity contribution in [1.29, 1.82) is 0 Å². The lowest BCUT2D eigenvalue weighted by Gasteiger charge is -2.09. The SMILES string of the molecule is CC(O)=C(N=Nc1cc(S(=O)(=O)Nc2ccccc2)ccc1O)C(=O)Nc1ccccc1. The summed E-state index contributed by atoms with van der Waals surface area (Å²) in [4.78, 5) is 12.3. The molecule has 0 unspecified atom stereocenters. The van der Waals surface area contributed by atoms with E-state index in [-0.39, 0.29) is 16.3 Å². The van der Waals surface area contributed by atoms with E-state index in [4.69, 9.17) is 0 Å². The van der Waals surface area contributed by atoms with E-state index >= 15 is 0 Å². The van der Waals surface area contributed by atoms with Crippen LogP contribution in [0.25, 0.3) is 0 Å². The van der Waals surface area contributed by atoms with Gasteiger partial charge in [0.2, 0.25) is 0 Å². The second kappa shape index (κ2) is 9.75. The van der Waals surface area contributed by atoms with Crippen LogP contribution in [0.3, 0.4) is 0 Å². The third-order valence-corrected chi connectivity index (χ3v) is 5.51. The van der Waals surface area contributed by atoms with Crippen molar-refractivity contribution in [2.45, 2.75) is 11.8 Å². The van der Waals surface area contributed by atoms with E-state index in [1.54, 1.807) is 60.7 Å². The summed E-state index contributed by atoms with van der Waals surface area (Å²) < 4.78 is 27.7. The summed E-state index contributed by atoms with van der Waals surface area (Å²) in [6.45, 7) is 1.25. The number of rotatable bonds is 7. The molecule has 10 heteroatoms. The maximum absolute atomic E-state index is 12.6. The van der Waals surface area contributed by atoms with Crippen LogP contribution in [0.4, 0.5) is 17.1 Å². The maximum atomic E-state index is 12.6. The zero-order chi connectivity index (χ0) is 23.1. The number of hydrogen-bond donors (Lipinski definition) is 4. The quantitative estimate of drug-likeness (QED) is 0.233. The monoisotopic (exact) mass is 452 g/mol. The number of anilines is 2. The fourth-order valence-electron chi connectivity index (χ4n) is 2.57. The number of phenolic OH excluding ortho intramolecular Hbond substituents is 1. The Labute approximate surface area is 184 Å². The van der Waals surface area contributed by atoms with Crippen molar-refractivity contribution in [2.75, 3.05) is 10.0 Å². The summed E-state index contributed by atoms with van der Waals surface area (Å²) in [5, 5.41) is 30.0. The predicted molar refractivity (Wildman–Crippen MR) is 120 cm³/mol. The van der Waals surface area contributed by atoms with Gasteiger partial charge in [0.25, 0.3) is 15.9 Å². The Hall–Kier alpha value is -4.18. The average Bonchev–Trinajstić information content (AvgIpc) is 2.76. The number of nitrogens with one attached hydrogen (secondary N) is 2. The number of nitrogens with zero attached hydrogens (tertiary/aromatic N) is 2. The molecule has 0 aliphatic carbocycles. The van der Waals surface area contributed by atoms with Crippen molar-refractivity contribution >= 4 is 33.0 Å². The second-order valence-corrected chi connectivity index (χ2v) is 8.26. The largest absolute Gasteiger partial charge is 0.510 e. The van der Waals surface area contributed by atoms with Crippen LogP contribution in [0.1, 0.15) is 6.92 Å². The van der Waals surface area contributed by atoms with Crippen LogP contribution in [-0.2, 0) is 14.8 Å². The van der Waals surface area contributed by atoms with Crippen LogP contribution in [0, 0.1) is 0 Å². The fraction of sp³-hybridized carbons (Fsp3) is 0.0455. The van der Waals surface area contributed by atoms with Crippen LogP contribution < -0.4 is 10.0 Å². The van der Waals surface area contributed by atoms with Crippen molar-refractivity contribution in [3.05, 3.63) is 90.3 Å². The first kappa shape index (κ1) is 22.5. The van der Waals surface area contributed by atoms with Crippen molar-refractivity contribution in [1.82, 2.24) is 0 Å². The summed E-state index contributed by atoms with van der Waals surface area (Å²) in [6, 6.07) is 20.3. The first-order chi connectivity index (χ1) is 15.3. The number of para-hydroxylation sites is 2. The zero-order valence-electron chi connectivity index (χ0n) is 16.9. The lowest BCUT2D eigenvalue weighted by molar-refractivity contribution is -0.113. The third-order valence-electron chi connectivity index (χ3n) is 4.13. The number of allylic oxidation sites excluding steroid dienone is 1. The Bertz CT molecular complexity index is 1270. The Morgan fingerprint density at radius 1 is 0.906 bits per heavy atom. The van der Waals surface area contributed by atoms with E-state index in [1.165, 1.54) is 13.0 Å². The van der Waals surface area contributed by atoms with Crippen molar-refractivity contribution in [3.63, 3.8) is 0 Å². The van der Waals surface area contributed by atoms with Gasteiger partial charge in [-0.25, -0.2) is 8.42 Å². The smallest absolute Gasteiger partial charge is 0.279 e. The molecule has 4 N–H and O–H groups in total. The normalized spacial score (nSPS) is 12.3. The number of aliphatic hydroxyl groups is 1. The molecule has 9 nitrogen and oxygen atoms in total. The number of aliphatic hydroxyl groups excluding tert-OH is 1. The number of carbonyl (C=O) groups excluding carboxylic acids is 1. The van der Waals surface area contributed by atoms with Gasteiger partial charge in [-0.15, -0.1) is 10.2 Å². The van der Waals surface area contributed by atoms with Crippen LogP contribution in [0.2, 0.25) is 0 Å². The number of phenols is 1. The van der Waals surface area contributed by atoms with E-state index in [2.05, 4.69) is 20.3 Å². The highest BCUT2D eigenvalue weighted by molar-refractivity contribution is 7.92. The summed E-state index contributed by atoms with van der Waals surface area (Å²) >= 11 is 0. The molecule has 164 valence electrons. The summed E-state index contributed by atoms with van der Waals surface area (Å²) in [7, 11) is -3.97. The molecule has 0 saturated heterocycles. The van der Waals surface area contributed by atoms with Crippen LogP contribution in [-0.4, -0.2) is 24.5 Å². The van der Waals surface area contributed by atoms with E-state index in [0.717, 1.165) is 12.1 Å². The lowest BCUT2D eigenvalue weighted by Crippen LogP contribution is -2.14. The molecule has 0 aliphatic rings. The standard InChI is InChI=1S/C22H20N4O5S/c1-15(27)21(22(29)23-16-8-4-2-5-9-16)25-24-19-14-18(12-13-20(19)28)32(30,31)26-17-10-6-3-7-11-17/h2-14,26-28H,1H3,(H,23,29). The highest BCUT2D eigenvalue weighted by Crippen LogP contribution is 2.31. The molecule has 32 heavy (non-hydrogen) atoms. The molecule has 3 aromatic carbocycles. The van der Waals surface area contributed by atoms with Crippen LogP contribution in [0.5, 0.6) is 5.75 Å². The molecule has 0 fully saturated rings. The molecule has 0 bridgehead atoms. The highest BCUT2D eigenvalue weighted by Gasteiger charge is 2.17. The van der Waals surface area contributed by atoms with Gasteiger partial charge in [0, 0.05) is 11.4 Å². The Morgan fingerprint density at radius 3 is 2.09 bits per heavy atom. The summed E-state index contributed by atoms with van der Waals surface area (Å²) in [6.07, 6.45) is 0. The molecule has 0 heterocycles. The molecule has 0 atom stereocenters. The molecular weight excluding hydrogens is 432 g/mol. The highest BCUT2D eigenvalue weighted by atomic mass is 32.2. The van der Waals surface area contributed by atoms with Crippen molar-refractivity contribution < 1.29 is 23.4 Å². The average molecular weight is 452 g/mol. The van der Waals surface area contributed by atoms with Crippen LogP contribution >= 0.6 is 0 Å². The van der Waals surface area contributed by atoms with Gasteiger partial charge in [0.15, 0.2) is 5.70 Å². The molecule has 3 aromatic rings. The molecule has 0 radical (unpaired) electrons. The summed E-state index contributed by atoms with van der Waals surface area (Å²) in [5.41, 5.74) is 0.243. The molecular formula is C22H20N4O5S. The maximum Gasteiger partial charge on any atom is 0.279 e. The molecule has 1 amide bonds. The molecule has 0 aliphatic heterocycles. The minimum atomic E-state index is -3.97.